The second kappa shape index (κ2) is 22.9. The minimum Gasteiger partial charge on any atom is -0.508 e. The summed E-state index contributed by atoms with van der Waals surface area (Å²) < 4.78 is 5.82. The van der Waals surface area contributed by atoms with E-state index >= 15 is 0 Å². The number of aromatic hydroxyl groups is 1. The molecular weight excluding hydrogens is 1120 g/mol. The van der Waals surface area contributed by atoms with Gasteiger partial charge in [-0.2, -0.15) is 0 Å². The van der Waals surface area contributed by atoms with Crippen molar-refractivity contribution >= 4 is 69.7 Å². The molecule has 1 unspecified atom stereocenters. The molecule has 12 rings (SSSR count). The SMILES string of the molecule is CC(=O)O[C@]1(C(C)=O)CC[C@H]2[C@@H]3C=C(C)C4=CC(=O)CC[C@]4(C)[C@H]3CC[C@@]21C.CN(C)[C@@H]1C(=O)C(C(=O)NCN2CCCC2)=C(O)[C@@]2(O)C(=O)C3=C(O)c4c(O)cccc4[C@@](C)(O)C3C[C@@H]12.CN1C(=O)CN=C(c2ccccc2)c2cc(Cl)ccc21. The minimum absolute atomic E-state index is 0.0160. The number of carbonyl (C=O) groups is 7. The van der Waals surface area contributed by atoms with Crippen LogP contribution in [0.25, 0.3) is 5.76 Å². The number of fused-ring (bicyclic) bond motifs is 9. The number of amides is 2. The smallest absolute Gasteiger partial charge is 0.303 e. The first kappa shape index (κ1) is 62.0. The summed E-state index contributed by atoms with van der Waals surface area (Å²) in [5.74, 6) is -6.17. The number of nitrogens with one attached hydrogen (secondary N) is 1. The van der Waals surface area contributed by atoms with E-state index in [1.165, 1.54) is 48.1 Å². The fraction of sp³-hybridized carbons (Fsp3) is 0.493. The van der Waals surface area contributed by atoms with Crippen molar-refractivity contribution < 1.29 is 63.8 Å². The number of anilines is 1. The summed E-state index contributed by atoms with van der Waals surface area (Å²) in [5, 5.41) is 59.6. The molecule has 6 N–H and O–H groups in total. The molecule has 1 saturated heterocycles. The van der Waals surface area contributed by atoms with Gasteiger partial charge in [-0.3, -0.25) is 48.4 Å². The molecule has 0 radical (unpaired) electrons. The number of aliphatic hydroxyl groups is 4. The molecule has 2 aliphatic heterocycles. The van der Waals surface area contributed by atoms with Crippen LogP contribution < -0.4 is 10.2 Å². The standard InChI is InChI=1S/C27H33N3O8.C24H32O4.C16H13ClN2O/c1-26(37)13-7-6-8-16(31)17(13)21(32)18-14(26)11-15-20(29(2)3)22(33)19(24(35)27(15,38)23(18)34)25(36)28-12-30-9-4-5-10-30;1-14-12-18-19(22(4)9-6-17(27)13-21(14)22)7-10-23(5)20(18)8-11-24(23,15(2)25)28-16(3)26;1-19-14-8-7-12(17)9-13(14)16(18-10-15(19)20)11-5-3-2-4-6-11/h6-8,14-15,20,31-32,35,37-38H,4-5,9-12H2,1-3H3,(H,28,36);12-13,18-20H,6-11H2,1-5H3;2-9H,10H2,1H3/t14?,15-,20-,26+,27-;18-,19+,20+,22-,23+,24+;/m01./s1. The number of likely N-dealkylation sites (tertiary alicyclic amines) is 1. The maximum Gasteiger partial charge on any atom is 0.303 e. The summed E-state index contributed by atoms with van der Waals surface area (Å²) in [6, 6.07) is 18.5. The molecule has 2 heterocycles. The first-order chi connectivity index (χ1) is 40.5. The van der Waals surface area contributed by atoms with Gasteiger partial charge in [-0.25, -0.2) is 0 Å². The number of likely N-dealkylation sites (N-methyl/N-ethyl adjacent to an activating group) is 2. The highest BCUT2D eigenvalue weighted by molar-refractivity contribution is 6.32. The number of aliphatic hydroxyl groups excluding tert-OH is 2. The molecule has 3 aromatic carbocycles. The van der Waals surface area contributed by atoms with E-state index in [0.29, 0.717) is 35.6 Å². The molecule has 3 aromatic rings. The molecule has 19 heteroatoms. The molecule has 86 heavy (non-hydrogen) atoms. The average molecular weight is 1200 g/mol. The van der Waals surface area contributed by atoms with Crippen molar-refractivity contribution in [2.45, 2.75) is 122 Å². The number of allylic oxidation sites excluding steroid dienone is 4. The normalized spacial score (nSPS) is 32.7. The Hall–Kier alpha value is -7.09. The topological polar surface area (TPSA) is 264 Å². The van der Waals surface area contributed by atoms with Crippen LogP contribution in [-0.2, 0) is 43.9 Å². The molecule has 4 fully saturated rings. The van der Waals surface area contributed by atoms with Gasteiger partial charge in [-0.05, 0) is 164 Å². The van der Waals surface area contributed by atoms with Gasteiger partial charge in [0.05, 0.1) is 35.3 Å². The van der Waals surface area contributed by atoms with Crippen molar-refractivity contribution in [1.29, 1.82) is 0 Å². The number of ketones is 4. The van der Waals surface area contributed by atoms with E-state index in [1.807, 2.05) is 53.4 Å². The Morgan fingerprint density at radius 3 is 2.22 bits per heavy atom. The molecule has 18 nitrogen and oxygen atoms in total. The largest absolute Gasteiger partial charge is 0.508 e. The number of phenolic OH excluding ortho intramolecular Hbond substituents is 1. The van der Waals surface area contributed by atoms with E-state index in [-0.39, 0.29) is 76.4 Å². The zero-order valence-corrected chi connectivity index (χ0v) is 51.1. The van der Waals surface area contributed by atoms with Crippen LogP contribution in [0.1, 0.15) is 122 Å². The number of Topliss-reactive ketones (excluding diaryl/α,β-unsaturated/α-hetero) is 3. The van der Waals surface area contributed by atoms with E-state index in [1.54, 1.807) is 39.0 Å². The quantitative estimate of drug-likeness (QED) is 0.0966. The Bertz CT molecular complexity index is 3520. The molecule has 2 amide bonds. The monoisotopic (exact) mass is 1200 g/mol. The summed E-state index contributed by atoms with van der Waals surface area (Å²) in [7, 11) is 4.88. The van der Waals surface area contributed by atoms with Crippen molar-refractivity contribution in [3.8, 4) is 5.75 Å². The highest BCUT2D eigenvalue weighted by Gasteiger charge is 2.69. The van der Waals surface area contributed by atoms with Gasteiger partial charge in [0.15, 0.2) is 28.6 Å². The van der Waals surface area contributed by atoms with Crippen LogP contribution in [0, 0.1) is 40.4 Å². The lowest BCUT2D eigenvalue weighted by Crippen LogP contribution is -2.67. The Balaban J connectivity index is 0.000000151. The minimum atomic E-state index is -2.72. The van der Waals surface area contributed by atoms with Crippen molar-refractivity contribution in [2.75, 3.05) is 52.3 Å². The van der Waals surface area contributed by atoms with Crippen molar-refractivity contribution in [2.24, 2.45) is 45.4 Å². The predicted octanol–water partition coefficient (Wildman–Crippen LogP) is 8.04. The third kappa shape index (κ3) is 9.96. The lowest BCUT2D eigenvalue weighted by molar-refractivity contribution is -0.185. The van der Waals surface area contributed by atoms with Gasteiger partial charge in [0.1, 0.15) is 29.4 Å². The van der Waals surface area contributed by atoms with Crippen LogP contribution in [-0.4, -0.2) is 147 Å². The molecule has 3 saturated carbocycles. The highest BCUT2D eigenvalue weighted by Crippen LogP contribution is 2.68. The molecule has 0 spiro atoms. The Labute approximate surface area is 506 Å². The molecule has 11 atom stereocenters. The fourth-order valence-corrected chi connectivity index (χ4v) is 16.7. The molecule has 9 aliphatic rings. The van der Waals surface area contributed by atoms with Gasteiger partial charge >= 0.3 is 5.97 Å². The number of hydrogen-bond acceptors (Lipinski definition) is 16. The number of hydrogen-bond donors (Lipinski definition) is 6. The number of phenols is 1. The Morgan fingerprint density at radius 2 is 1.56 bits per heavy atom. The van der Waals surface area contributed by atoms with Crippen LogP contribution in [0.2, 0.25) is 5.02 Å². The summed E-state index contributed by atoms with van der Waals surface area (Å²) >= 11 is 6.11. The summed E-state index contributed by atoms with van der Waals surface area (Å²) in [5.41, 5.74) is -0.871. The maximum atomic E-state index is 14.0. The molecule has 0 bridgehead atoms. The molecule has 7 aliphatic carbocycles. The number of benzene rings is 3. The number of carbonyl (C=O) groups excluding carboxylic acids is 7. The number of nitrogens with zero attached hydrogens (tertiary/aromatic N) is 4. The average Bonchev–Trinajstić information content (AvgIpc) is 1.03. The first-order valence-corrected chi connectivity index (χ1v) is 30.1. The zero-order valence-electron chi connectivity index (χ0n) is 50.3. The van der Waals surface area contributed by atoms with Crippen LogP contribution in [0.3, 0.4) is 0 Å². The van der Waals surface area contributed by atoms with Crippen LogP contribution in [0.5, 0.6) is 5.75 Å². The van der Waals surface area contributed by atoms with Crippen molar-refractivity contribution in [1.82, 2.24) is 15.1 Å². The van der Waals surface area contributed by atoms with E-state index in [9.17, 15) is 59.1 Å². The second-order valence-electron chi connectivity index (χ2n) is 25.8. The lowest BCUT2D eigenvalue weighted by Gasteiger charge is -2.58. The fourth-order valence-electron chi connectivity index (χ4n) is 16.5. The van der Waals surface area contributed by atoms with E-state index in [4.69, 9.17) is 16.3 Å². The number of halogens is 1. The highest BCUT2D eigenvalue weighted by atomic mass is 35.5. The van der Waals surface area contributed by atoms with Crippen molar-refractivity contribution in [3.05, 3.63) is 134 Å². The van der Waals surface area contributed by atoms with E-state index in [0.717, 1.165) is 74.1 Å². The zero-order chi connectivity index (χ0) is 62.3. The van der Waals surface area contributed by atoms with Gasteiger partial charge in [0.25, 0.3) is 5.91 Å². The number of rotatable bonds is 7. The number of esters is 1. The van der Waals surface area contributed by atoms with Gasteiger partial charge in [-0.15, -0.1) is 0 Å². The van der Waals surface area contributed by atoms with Gasteiger partial charge in [0.2, 0.25) is 11.7 Å². The molecule has 456 valence electrons. The predicted molar refractivity (Wildman–Crippen MR) is 323 cm³/mol. The number of aliphatic imine (C=N–C) groups is 1. The number of benzodiazepines with no additional fused rings is 1. The van der Waals surface area contributed by atoms with E-state index < -0.39 is 69.2 Å². The third-order valence-electron chi connectivity index (χ3n) is 20.9. The third-order valence-corrected chi connectivity index (χ3v) is 21.1. The second-order valence-corrected chi connectivity index (χ2v) is 26.2. The lowest BCUT2D eigenvalue weighted by atomic mass is 9.47. The van der Waals surface area contributed by atoms with E-state index in [2.05, 4.69) is 37.2 Å². The Morgan fingerprint density at radius 1 is 0.872 bits per heavy atom. The van der Waals surface area contributed by atoms with Gasteiger partial charge in [0, 0.05) is 59.4 Å². The maximum absolute atomic E-state index is 14.0. The van der Waals surface area contributed by atoms with Gasteiger partial charge in [-0.1, -0.05) is 79.6 Å². The molecular formula is C67H78ClN5O13. The summed E-state index contributed by atoms with van der Waals surface area (Å²) in [4.78, 5) is 99.2. The number of ether oxygens (including phenoxy) is 1. The molecule has 0 aromatic heterocycles. The van der Waals surface area contributed by atoms with Crippen LogP contribution in [0.15, 0.2) is 112 Å². The van der Waals surface area contributed by atoms with Crippen LogP contribution >= 0.6 is 11.6 Å². The van der Waals surface area contributed by atoms with Crippen LogP contribution in [0.4, 0.5) is 5.69 Å². The van der Waals surface area contributed by atoms with Crippen molar-refractivity contribution in [3.63, 3.8) is 0 Å². The summed E-state index contributed by atoms with van der Waals surface area (Å²) in [6.45, 7) is 12.9. The first-order valence-electron chi connectivity index (χ1n) is 29.8. The van der Waals surface area contributed by atoms with Gasteiger partial charge < -0.3 is 40.5 Å². The summed E-state index contributed by atoms with van der Waals surface area (Å²) in [6.07, 6.45) is 11.0. The Kier molecular flexibility index (Phi) is 16.5.